The molecule has 90 valence electrons. The molecule has 0 bridgehead atoms. The summed E-state index contributed by atoms with van der Waals surface area (Å²) in [6, 6.07) is 3.48. The first kappa shape index (κ1) is 13.1. The summed E-state index contributed by atoms with van der Waals surface area (Å²) in [4.78, 5) is 0. The van der Waals surface area contributed by atoms with Crippen LogP contribution >= 0.6 is 10.7 Å². The first-order valence-electron chi connectivity index (χ1n) is 4.52. The Bertz CT molecular complexity index is 482. The molecule has 0 saturated carbocycles. The number of aryl methyl sites for hydroxylation is 1. The summed E-state index contributed by atoms with van der Waals surface area (Å²) in [5, 5.41) is 0. The Balaban J connectivity index is 3.34. The molecule has 0 aliphatic heterocycles. The third-order valence-electron chi connectivity index (χ3n) is 2.20. The zero-order valence-corrected chi connectivity index (χ0v) is 10.9. The lowest BCUT2D eigenvalue weighted by Crippen LogP contribution is -2.02. The van der Waals surface area contributed by atoms with Crippen molar-refractivity contribution in [1.82, 2.24) is 0 Å². The second-order valence-corrected chi connectivity index (χ2v) is 6.06. The van der Waals surface area contributed by atoms with E-state index in [1.54, 1.807) is 19.1 Å². The molecule has 0 aromatic heterocycles. The SMILES string of the molecule is COc1ccc(C)c(CS(=O)(=O)Cl)c1OC. The zero-order valence-electron chi connectivity index (χ0n) is 9.28. The van der Waals surface area contributed by atoms with Crippen LogP contribution < -0.4 is 9.47 Å². The number of benzene rings is 1. The van der Waals surface area contributed by atoms with Gasteiger partial charge in [0.25, 0.3) is 0 Å². The molecular weight excluding hydrogens is 252 g/mol. The van der Waals surface area contributed by atoms with Crippen LogP contribution in [0.2, 0.25) is 0 Å². The van der Waals surface area contributed by atoms with Crippen molar-refractivity contribution in [3.63, 3.8) is 0 Å². The van der Waals surface area contributed by atoms with Crippen LogP contribution in [0.3, 0.4) is 0 Å². The van der Waals surface area contributed by atoms with E-state index in [2.05, 4.69) is 0 Å². The van der Waals surface area contributed by atoms with E-state index in [1.165, 1.54) is 14.2 Å². The average molecular weight is 265 g/mol. The van der Waals surface area contributed by atoms with E-state index < -0.39 is 9.05 Å². The summed E-state index contributed by atoms with van der Waals surface area (Å²) in [6.07, 6.45) is 0. The van der Waals surface area contributed by atoms with E-state index in [-0.39, 0.29) is 5.75 Å². The van der Waals surface area contributed by atoms with Gasteiger partial charge in [0.2, 0.25) is 9.05 Å². The van der Waals surface area contributed by atoms with E-state index in [0.717, 1.165) is 5.56 Å². The van der Waals surface area contributed by atoms with Crippen LogP contribution in [-0.4, -0.2) is 22.6 Å². The normalized spacial score (nSPS) is 11.2. The van der Waals surface area contributed by atoms with Gasteiger partial charge in [-0.2, -0.15) is 0 Å². The first-order chi connectivity index (χ1) is 7.39. The van der Waals surface area contributed by atoms with Crippen molar-refractivity contribution in [1.29, 1.82) is 0 Å². The van der Waals surface area contributed by atoms with Gasteiger partial charge in [-0.05, 0) is 18.6 Å². The summed E-state index contributed by atoms with van der Waals surface area (Å²) in [6.45, 7) is 1.79. The van der Waals surface area contributed by atoms with Gasteiger partial charge in [0, 0.05) is 16.2 Å². The molecular formula is C10H13ClO4S. The zero-order chi connectivity index (χ0) is 12.3. The van der Waals surface area contributed by atoms with Crippen molar-refractivity contribution in [3.05, 3.63) is 23.3 Å². The fraction of sp³-hybridized carbons (Fsp3) is 0.400. The Morgan fingerprint density at radius 2 is 1.88 bits per heavy atom. The van der Waals surface area contributed by atoms with Gasteiger partial charge in [0.1, 0.15) is 0 Å². The van der Waals surface area contributed by atoms with Gasteiger partial charge in [0.05, 0.1) is 20.0 Å². The van der Waals surface area contributed by atoms with Crippen LogP contribution in [0.15, 0.2) is 12.1 Å². The smallest absolute Gasteiger partial charge is 0.236 e. The molecule has 0 fully saturated rings. The molecule has 0 aliphatic carbocycles. The van der Waals surface area contributed by atoms with Gasteiger partial charge in [-0.25, -0.2) is 8.42 Å². The van der Waals surface area contributed by atoms with E-state index in [9.17, 15) is 8.42 Å². The predicted molar refractivity (Wildman–Crippen MR) is 62.8 cm³/mol. The quantitative estimate of drug-likeness (QED) is 0.782. The topological polar surface area (TPSA) is 52.6 Å². The lowest BCUT2D eigenvalue weighted by atomic mass is 10.1. The molecule has 0 unspecified atom stereocenters. The van der Waals surface area contributed by atoms with Crippen molar-refractivity contribution in [2.45, 2.75) is 12.7 Å². The molecule has 0 N–H and O–H groups in total. The maximum absolute atomic E-state index is 11.1. The maximum atomic E-state index is 11.1. The molecule has 1 aromatic carbocycles. The highest BCUT2D eigenvalue weighted by Gasteiger charge is 2.17. The van der Waals surface area contributed by atoms with Crippen LogP contribution in [-0.2, 0) is 14.8 Å². The Labute approximate surface area is 99.6 Å². The van der Waals surface area contributed by atoms with Crippen molar-refractivity contribution in [2.75, 3.05) is 14.2 Å². The van der Waals surface area contributed by atoms with Gasteiger partial charge in [-0.15, -0.1) is 0 Å². The number of rotatable bonds is 4. The summed E-state index contributed by atoms with van der Waals surface area (Å²) in [5.74, 6) is 0.621. The number of halogens is 1. The van der Waals surface area contributed by atoms with E-state index in [0.29, 0.717) is 17.1 Å². The van der Waals surface area contributed by atoms with Crippen molar-refractivity contribution in [2.24, 2.45) is 0 Å². The molecule has 0 saturated heterocycles. The Hall–Kier alpha value is -0.940. The van der Waals surface area contributed by atoms with Crippen molar-refractivity contribution in [3.8, 4) is 11.5 Å². The minimum Gasteiger partial charge on any atom is -0.493 e. The second-order valence-electron chi connectivity index (χ2n) is 3.28. The summed E-state index contributed by atoms with van der Waals surface area (Å²) < 4.78 is 32.4. The molecule has 1 aromatic rings. The molecule has 4 nitrogen and oxygen atoms in total. The van der Waals surface area contributed by atoms with Crippen LogP contribution in [0, 0.1) is 6.92 Å². The van der Waals surface area contributed by atoms with Crippen LogP contribution in [0.5, 0.6) is 11.5 Å². The van der Waals surface area contributed by atoms with Crippen LogP contribution in [0.1, 0.15) is 11.1 Å². The predicted octanol–water partition coefficient (Wildman–Crippen LogP) is 2.08. The first-order valence-corrected chi connectivity index (χ1v) is 6.99. The molecule has 0 heterocycles. The standard InChI is InChI=1S/C10H13ClO4S/c1-7-4-5-9(14-2)10(15-3)8(7)6-16(11,12)13/h4-5H,6H2,1-3H3. The number of ether oxygens (including phenoxy) is 2. The van der Waals surface area contributed by atoms with Gasteiger partial charge in [-0.1, -0.05) is 6.07 Å². The number of hydrogen-bond acceptors (Lipinski definition) is 4. The minimum absolute atomic E-state index is 0.277. The number of hydrogen-bond donors (Lipinski definition) is 0. The number of methoxy groups -OCH3 is 2. The Morgan fingerprint density at radius 3 is 2.31 bits per heavy atom. The molecule has 0 radical (unpaired) electrons. The van der Waals surface area contributed by atoms with Gasteiger partial charge in [0.15, 0.2) is 11.5 Å². The largest absolute Gasteiger partial charge is 0.493 e. The molecule has 6 heteroatoms. The minimum atomic E-state index is -3.62. The highest BCUT2D eigenvalue weighted by atomic mass is 35.7. The fourth-order valence-electron chi connectivity index (χ4n) is 1.44. The van der Waals surface area contributed by atoms with Gasteiger partial charge < -0.3 is 9.47 Å². The van der Waals surface area contributed by atoms with Gasteiger partial charge >= 0.3 is 0 Å². The van der Waals surface area contributed by atoms with Gasteiger partial charge in [-0.3, -0.25) is 0 Å². The Morgan fingerprint density at radius 1 is 1.25 bits per heavy atom. The summed E-state index contributed by atoms with van der Waals surface area (Å²) in [5.41, 5.74) is 1.32. The average Bonchev–Trinajstić information content (AvgIpc) is 2.19. The molecule has 0 amide bonds. The third-order valence-corrected chi connectivity index (χ3v) is 3.16. The van der Waals surface area contributed by atoms with E-state index in [4.69, 9.17) is 20.2 Å². The molecule has 0 atom stereocenters. The van der Waals surface area contributed by atoms with Crippen molar-refractivity contribution >= 4 is 19.7 Å². The highest BCUT2D eigenvalue weighted by molar-refractivity contribution is 8.13. The lowest BCUT2D eigenvalue weighted by molar-refractivity contribution is 0.352. The molecule has 0 aliphatic rings. The van der Waals surface area contributed by atoms with E-state index in [1.807, 2.05) is 0 Å². The maximum Gasteiger partial charge on any atom is 0.236 e. The Kier molecular flexibility index (Phi) is 4.04. The lowest BCUT2D eigenvalue weighted by Gasteiger charge is -2.13. The highest BCUT2D eigenvalue weighted by Crippen LogP contribution is 2.34. The van der Waals surface area contributed by atoms with Crippen molar-refractivity contribution < 1.29 is 17.9 Å². The second kappa shape index (κ2) is 4.93. The molecule has 1 rings (SSSR count). The van der Waals surface area contributed by atoms with Crippen LogP contribution in [0.4, 0.5) is 0 Å². The molecule has 16 heavy (non-hydrogen) atoms. The molecule has 0 spiro atoms. The third kappa shape index (κ3) is 3.02. The monoisotopic (exact) mass is 264 g/mol. The summed E-state index contributed by atoms with van der Waals surface area (Å²) in [7, 11) is 4.57. The van der Waals surface area contributed by atoms with E-state index >= 15 is 0 Å². The fourth-order valence-corrected chi connectivity index (χ4v) is 2.47. The summed E-state index contributed by atoms with van der Waals surface area (Å²) >= 11 is 0. The van der Waals surface area contributed by atoms with Crippen LogP contribution in [0.25, 0.3) is 0 Å².